The summed E-state index contributed by atoms with van der Waals surface area (Å²) in [7, 11) is -3.54. The van der Waals surface area contributed by atoms with E-state index in [1.165, 1.54) is 11.3 Å². The van der Waals surface area contributed by atoms with Crippen LogP contribution >= 0.6 is 22.9 Å². The number of rotatable bonds is 6. The molecule has 112 valence electrons. The first-order valence-corrected chi connectivity index (χ1v) is 9.27. The second-order valence-electron chi connectivity index (χ2n) is 4.48. The van der Waals surface area contributed by atoms with Crippen LogP contribution in [0.25, 0.3) is 0 Å². The molecule has 0 bridgehead atoms. The summed E-state index contributed by atoms with van der Waals surface area (Å²) >= 11 is 7.44. The molecular formula is C14H14ClNO3S2. The molecule has 1 aromatic heterocycles. The topological polar surface area (TPSA) is 63.2 Å². The van der Waals surface area contributed by atoms with Gasteiger partial charge in [-0.05, 0) is 23.1 Å². The second kappa shape index (κ2) is 7.06. The Balaban J connectivity index is 1.91. The molecule has 0 aliphatic heterocycles. The maximum Gasteiger partial charge on any atom is 0.235 e. The van der Waals surface area contributed by atoms with Crippen molar-refractivity contribution in [2.24, 2.45) is 0 Å². The number of halogens is 1. The van der Waals surface area contributed by atoms with Gasteiger partial charge >= 0.3 is 0 Å². The summed E-state index contributed by atoms with van der Waals surface area (Å²) in [6.07, 6.45) is 0. The van der Waals surface area contributed by atoms with Crippen molar-refractivity contribution in [3.8, 4) is 0 Å². The number of benzene rings is 1. The summed E-state index contributed by atoms with van der Waals surface area (Å²) in [5.74, 6) is -1.28. The Bertz CT molecular complexity index is 712. The van der Waals surface area contributed by atoms with Gasteiger partial charge in [-0.15, -0.1) is 11.3 Å². The minimum atomic E-state index is -3.54. The Hall–Kier alpha value is -1.37. The van der Waals surface area contributed by atoms with E-state index in [-0.39, 0.29) is 5.75 Å². The smallest absolute Gasteiger partial charge is 0.235 e. The van der Waals surface area contributed by atoms with Gasteiger partial charge in [0.1, 0.15) is 5.75 Å². The van der Waals surface area contributed by atoms with Crippen molar-refractivity contribution < 1.29 is 13.2 Å². The monoisotopic (exact) mass is 343 g/mol. The second-order valence-corrected chi connectivity index (χ2v) is 7.98. The van der Waals surface area contributed by atoms with Crippen LogP contribution in [0.5, 0.6) is 0 Å². The Morgan fingerprint density at radius 1 is 1.19 bits per heavy atom. The Kier molecular flexibility index (Phi) is 5.39. The van der Waals surface area contributed by atoms with Gasteiger partial charge in [0.15, 0.2) is 9.84 Å². The van der Waals surface area contributed by atoms with Crippen LogP contribution in [0.3, 0.4) is 0 Å². The number of hydrogen-bond donors (Lipinski definition) is 1. The lowest BCUT2D eigenvalue weighted by Gasteiger charge is -2.07. The van der Waals surface area contributed by atoms with Crippen LogP contribution in [-0.4, -0.2) is 20.1 Å². The fourth-order valence-corrected chi connectivity index (χ4v) is 4.01. The number of carbonyl (C=O) groups excluding carboxylic acids is 1. The van der Waals surface area contributed by atoms with Crippen molar-refractivity contribution in [2.75, 3.05) is 5.75 Å². The summed E-state index contributed by atoms with van der Waals surface area (Å²) in [6.45, 7) is 0.345. The van der Waals surface area contributed by atoms with Crippen molar-refractivity contribution in [3.05, 3.63) is 57.2 Å². The zero-order valence-corrected chi connectivity index (χ0v) is 13.5. The van der Waals surface area contributed by atoms with Crippen LogP contribution in [0.1, 0.15) is 10.4 Å². The van der Waals surface area contributed by atoms with Crippen LogP contribution in [-0.2, 0) is 26.9 Å². The molecule has 0 aliphatic carbocycles. The highest BCUT2D eigenvalue weighted by atomic mass is 35.5. The molecule has 0 saturated carbocycles. The summed E-state index contributed by atoms with van der Waals surface area (Å²) in [5, 5.41) is 4.89. The summed E-state index contributed by atoms with van der Waals surface area (Å²) < 4.78 is 24.0. The third-order valence-corrected chi connectivity index (χ3v) is 5.42. The zero-order chi connectivity index (χ0) is 15.3. The lowest BCUT2D eigenvalue weighted by molar-refractivity contribution is -0.118. The molecule has 1 heterocycles. The molecule has 2 rings (SSSR count). The number of sulfone groups is 1. The first kappa shape index (κ1) is 16.0. The van der Waals surface area contributed by atoms with Crippen LogP contribution < -0.4 is 5.32 Å². The molecule has 7 heteroatoms. The minimum Gasteiger partial charge on any atom is -0.350 e. The van der Waals surface area contributed by atoms with Crippen LogP contribution in [0.4, 0.5) is 0 Å². The van der Waals surface area contributed by atoms with Gasteiger partial charge in [-0.3, -0.25) is 4.79 Å². The van der Waals surface area contributed by atoms with Gasteiger partial charge in [0.05, 0.1) is 12.3 Å². The molecule has 1 N–H and O–H groups in total. The van der Waals surface area contributed by atoms with E-state index < -0.39 is 21.5 Å². The maximum absolute atomic E-state index is 12.0. The SMILES string of the molecule is O=C(CS(=O)(=O)Cc1ccccc1Cl)NCc1cccs1. The molecule has 2 aromatic rings. The molecule has 0 fully saturated rings. The first-order valence-electron chi connectivity index (χ1n) is 6.19. The summed E-state index contributed by atoms with van der Waals surface area (Å²) in [6, 6.07) is 10.5. The van der Waals surface area contributed by atoms with Gasteiger partial charge in [-0.25, -0.2) is 8.42 Å². The van der Waals surface area contributed by atoms with Gasteiger partial charge in [-0.2, -0.15) is 0 Å². The third kappa shape index (κ3) is 5.15. The van der Waals surface area contributed by atoms with Crippen molar-refractivity contribution >= 4 is 38.7 Å². The normalized spacial score (nSPS) is 11.3. The minimum absolute atomic E-state index is 0.237. The summed E-state index contributed by atoms with van der Waals surface area (Å²) in [5.41, 5.74) is 0.505. The number of amides is 1. The van der Waals surface area contributed by atoms with Gasteiger partial charge in [0.2, 0.25) is 5.91 Å². The van der Waals surface area contributed by atoms with Gasteiger partial charge in [0.25, 0.3) is 0 Å². The Morgan fingerprint density at radius 3 is 2.62 bits per heavy atom. The van der Waals surface area contributed by atoms with E-state index in [1.54, 1.807) is 24.3 Å². The van der Waals surface area contributed by atoms with E-state index in [0.29, 0.717) is 17.1 Å². The molecule has 4 nitrogen and oxygen atoms in total. The average molecular weight is 344 g/mol. The Morgan fingerprint density at radius 2 is 1.95 bits per heavy atom. The standard InChI is InChI=1S/C14H14ClNO3S2/c15-13-6-2-1-4-11(13)9-21(18,19)10-14(17)16-8-12-5-3-7-20-12/h1-7H,8-10H2,(H,16,17). The molecule has 0 radical (unpaired) electrons. The van der Waals surface area contributed by atoms with E-state index in [1.807, 2.05) is 17.5 Å². The van der Waals surface area contributed by atoms with E-state index in [0.717, 1.165) is 4.88 Å². The van der Waals surface area contributed by atoms with E-state index >= 15 is 0 Å². The molecule has 0 saturated heterocycles. The van der Waals surface area contributed by atoms with Gasteiger partial charge < -0.3 is 5.32 Å². The molecule has 0 unspecified atom stereocenters. The maximum atomic E-state index is 12.0. The molecule has 0 aliphatic rings. The fourth-order valence-electron chi connectivity index (χ4n) is 1.75. The first-order chi connectivity index (χ1) is 9.96. The van der Waals surface area contributed by atoms with E-state index in [4.69, 9.17) is 11.6 Å². The number of thiophene rings is 1. The quantitative estimate of drug-likeness (QED) is 0.877. The zero-order valence-electron chi connectivity index (χ0n) is 11.1. The van der Waals surface area contributed by atoms with Crippen molar-refractivity contribution in [1.29, 1.82) is 0 Å². The highest BCUT2D eigenvalue weighted by Crippen LogP contribution is 2.18. The molecular weight excluding hydrogens is 330 g/mol. The van der Waals surface area contributed by atoms with Crippen molar-refractivity contribution in [1.82, 2.24) is 5.32 Å². The summed E-state index contributed by atoms with van der Waals surface area (Å²) in [4.78, 5) is 12.7. The van der Waals surface area contributed by atoms with Gasteiger partial charge in [0, 0.05) is 9.90 Å². The van der Waals surface area contributed by atoms with Crippen LogP contribution in [0.15, 0.2) is 41.8 Å². The predicted molar refractivity (Wildman–Crippen MR) is 85.1 cm³/mol. The lowest BCUT2D eigenvalue weighted by atomic mass is 10.2. The van der Waals surface area contributed by atoms with Crippen molar-refractivity contribution in [2.45, 2.75) is 12.3 Å². The van der Waals surface area contributed by atoms with Crippen LogP contribution in [0.2, 0.25) is 5.02 Å². The molecule has 21 heavy (non-hydrogen) atoms. The van der Waals surface area contributed by atoms with E-state index in [2.05, 4.69) is 5.32 Å². The lowest BCUT2D eigenvalue weighted by Crippen LogP contribution is -2.30. The van der Waals surface area contributed by atoms with E-state index in [9.17, 15) is 13.2 Å². The van der Waals surface area contributed by atoms with Crippen molar-refractivity contribution in [3.63, 3.8) is 0 Å². The molecule has 1 amide bonds. The van der Waals surface area contributed by atoms with Crippen LogP contribution in [0, 0.1) is 0 Å². The molecule has 0 spiro atoms. The number of nitrogens with one attached hydrogen (secondary N) is 1. The highest BCUT2D eigenvalue weighted by molar-refractivity contribution is 7.91. The number of carbonyl (C=O) groups is 1. The highest BCUT2D eigenvalue weighted by Gasteiger charge is 2.18. The molecule has 1 aromatic carbocycles. The van der Waals surface area contributed by atoms with Gasteiger partial charge in [-0.1, -0.05) is 35.9 Å². The fraction of sp³-hybridized carbons (Fsp3) is 0.214. The number of hydrogen-bond acceptors (Lipinski definition) is 4. The predicted octanol–water partition coefficient (Wildman–Crippen LogP) is 2.63. The largest absolute Gasteiger partial charge is 0.350 e. The Labute approximate surface area is 132 Å². The average Bonchev–Trinajstić information content (AvgIpc) is 2.91. The third-order valence-electron chi connectivity index (χ3n) is 2.72. The molecule has 0 atom stereocenters.